The van der Waals surface area contributed by atoms with Gasteiger partial charge in [0.05, 0.1) is 12.1 Å². The number of carbonyl (C=O) groups excluding carboxylic acids is 1. The van der Waals surface area contributed by atoms with Crippen molar-refractivity contribution in [1.82, 2.24) is 0 Å². The Kier molecular flexibility index (Phi) is 3.39. The summed E-state index contributed by atoms with van der Waals surface area (Å²) in [6, 6.07) is 10.9. The van der Waals surface area contributed by atoms with Gasteiger partial charge in [-0.15, -0.1) is 0 Å². The summed E-state index contributed by atoms with van der Waals surface area (Å²) in [5, 5.41) is 1.08. The lowest BCUT2D eigenvalue weighted by Gasteiger charge is -2.06. The fraction of sp³-hybridized carbons (Fsp3) is 0.0625. The minimum absolute atomic E-state index is 0.0153. The zero-order valence-corrected chi connectivity index (χ0v) is 11.8. The highest BCUT2D eigenvalue weighted by Crippen LogP contribution is 2.30. The van der Waals surface area contributed by atoms with Crippen LogP contribution in [0.2, 0.25) is 5.02 Å². The standard InChI is InChI=1S/C16H10ClFO3/c1-20-12-7-3-6-11(18)14(12)15(19)13-8-9-4-2-5-10(17)16(9)21-13/h2-8H,1H3. The number of ketones is 1. The summed E-state index contributed by atoms with van der Waals surface area (Å²) in [6.45, 7) is 0. The Morgan fingerprint density at radius 2 is 2.00 bits per heavy atom. The zero-order chi connectivity index (χ0) is 15.0. The lowest BCUT2D eigenvalue weighted by Crippen LogP contribution is -2.05. The van der Waals surface area contributed by atoms with Gasteiger partial charge in [0, 0.05) is 5.39 Å². The van der Waals surface area contributed by atoms with Crippen LogP contribution in [0.5, 0.6) is 5.75 Å². The number of benzene rings is 2. The topological polar surface area (TPSA) is 39.4 Å². The summed E-state index contributed by atoms with van der Waals surface area (Å²) in [4.78, 5) is 12.5. The Morgan fingerprint density at radius 1 is 1.24 bits per heavy atom. The minimum atomic E-state index is -0.661. The number of rotatable bonds is 3. The number of hydrogen-bond donors (Lipinski definition) is 0. The molecule has 106 valence electrons. The molecule has 0 aliphatic rings. The molecule has 0 spiro atoms. The molecule has 3 nitrogen and oxygen atoms in total. The van der Waals surface area contributed by atoms with E-state index in [9.17, 15) is 9.18 Å². The van der Waals surface area contributed by atoms with E-state index in [1.807, 2.05) is 0 Å². The lowest BCUT2D eigenvalue weighted by molar-refractivity contribution is 0.100. The second-order valence-corrected chi connectivity index (χ2v) is 4.82. The van der Waals surface area contributed by atoms with E-state index in [4.69, 9.17) is 20.8 Å². The third-order valence-corrected chi connectivity index (χ3v) is 3.44. The lowest BCUT2D eigenvalue weighted by atomic mass is 10.1. The normalized spacial score (nSPS) is 10.8. The van der Waals surface area contributed by atoms with Crippen LogP contribution < -0.4 is 4.74 Å². The molecule has 1 aromatic heterocycles. The second-order valence-electron chi connectivity index (χ2n) is 4.42. The number of halogens is 2. The van der Waals surface area contributed by atoms with Crippen LogP contribution in [-0.2, 0) is 0 Å². The van der Waals surface area contributed by atoms with Gasteiger partial charge in [-0.25, -0.2) is 4.39 Å². The molecule has 2 aromatic carbocycles. The maximum Gasteiger partial charge on any atom is 0.234 e. The van der Waals surface area contributed by atoms with Crippen LogP contribution in [0.4, 0.5) is 4.39 Å². The number of carbonyl (C=O) groups is 1. The van der Waals surface area contributed by atoms with Gasteiger partial charge in [0.2, 0.25) is 5.78 Å². The van der Waals surface area contributed by atoms with Crippen molar-refractivity contribution < 1.29 is 18.3 Å². The maximum absolute atomic E-state index is 13.9. The molecule has 0 bridgehead atoms. The van der Waals surface area contributed by atoms with Gasteiger partial charge in [-0.2, -0.15) is 0 Å². The molecule has 0 amide bonds. The predicted molar refractivity (Wildman–Crippen MR) is 77.6 cm³/mol. The molecular weight excluding hydrogens is 295 g/mol. The smallest absolute Gasteiger partial charge is 0.234 e. The van der Waals surface area contributed by atoms with Gasteiger partial charge in [-0.05, 0) is 24.3 Å². The van der Waals surface area contributed by atoms with Crippen LogP contribution in [-0.4, -0.2) is 12.9 Å². The number of para-hydroxylation sites is 1. The summed E-state index contributed by atoms with van der Waals surface area (Å²) in [5.41, 5.74) is 0.244. The Labute approximate surface area is 124 Å². The molecule has 0 unspecified atom stereocenters. The molecule has 0 N–H and O–H groups in total. The van der Waals surface area contributed by atoms with Gasteiger partial charge in [-0.3, -0.25) is 4.79 Å². The first kappa shape index (κ1) is 13.6. The fourth-order valence-corrected chi connectivity index (χ4v) is 2.38. The summed E-state index contributed by atoms with van der Waals surface area (Å²) in [7, 11) is 1.38. The van der Waals surface area contributed by atoms with Gasteiger partial charge in [0.1, 0.15) is 17.1 Å². The molecule has 1 heterocycles. The van der Waals surface area contributed by atoms with Gasteiger partial charge in [-0.1, -0.05) is 29.8 Å². The van der Waals surface area contributed by atoms with Crippen LogP contribution in [0.15, 0.2) is 46.9 Å². The molecule has 0 fully saturated rings. The number of hydrogen-bond acceptors (Lipinski definition) is 3. The number of ether oxygens (including phenoxy) is 1. The largest absolute Gasteiger partial charge is 0.496 e. The summed E-state index contributed by atoms with van der Waals surface area (Å²) in [5.74, 6) is -1.07. The van der Waals surface area contributed by atoms with E-state index in [1.54, 1.807) is 18.2 Å². The molecule has 0 aliphatic carbocycles. The average Bonchev–Trinajstić information content (AvgIpc) is 2.92. The van der Waals surface area contributed by atoms with E-state index in [0.29, 0.717) is 16.0 Å². The summed E-state index contributed by atoms with van der Waals surface area (Å²) >= 11 is 6.01. The predicted octanol–water partition coefficient (Wildman–Crippen LogP) is 4.46. The van der Waals surface area contributed by atoms with E-state index >= 15 is 0 Å². The fourth-order valence-electron chi connectivity index (χ4n) is 2.16. The Hall–Kier alpha value is -2.33. The Morgan fingerprint density at radius 3 is 2.71 bits per heavy atom. The molecular formula is C16H10ClFO3. The average molecular weight is 305 g/mol. The highest BCUT2D eigenvalue weighted by molar-refractivity contribution is 6.35. The van der Waals surface area contributed by atoms with Crippen LogP contribution >= 0.6 is 11.6 Å². The van der Waals surface area contributed by atoms with Gasteiger partial charge >= 0.3 is 0 Å². The number of furan rings is 1. The third-order valence-electron chi connectivity index (χ3n) is 3.14. The Bertz CT molecular complexity index is 839. The summed E-state index contributed by atoms with van der Waals surface area (Å²) in [6.07, 6.45) is 0. The SMILES string of the molecule is COc1cccc(F)c1C(=O)c1cc2cccc(Cl)c2o1. The minimum Gasteiger partial charge on any atom is -0.496 e. The van der Waals surface area contributed by atoms with Crippen LogP contribution in [0.1, 0.15) is 16.1 Å². The van der Waals surface area contributed by atoms with Gasteiger partial charge < -0.3 is 9.15 Å². The van der Waals surface area contributed by atoms with E-state index < -0.39 is 11.6 Å². The molecule has 5 heteroatoms. The Balaban J connectivity index is 2.15. The van der Waals surface area contributed by atoms with Crippen molar-refractivity contribution in [2.24, 2.45) is 0 Å². The van der Waals surface area contributed by atoms with Crippen molar-refractivity contribution in [1.29, 1.82) is 0 Å². The van der Waals surface area contributed by atoms with Crippen LogP contribution in [0.3, 0.4) is 0 Å². The van der Waals surface area contributed by atoms with Crippen molar-refractivity contribution in [3.63, 3.8) is 0 Å². The highest BCUT2D eigenvalue weighted by Gasteiger charge is 2.22. The van der Waals surface area contributed by atoms with E-state index in [2.05, 4.69) is 0 Å². The van der Waals surface area contributed by atoms with Crippen molar-refractivity contribution in [2.45, 2.75) is 0 Å². The highest BCUT2D eigenvalue weighted by atomic mass is 35.5. The molecule has 0 atom stereocenters. The quantitative estimate of drug-likeness (QED) is 0.670. The van der Waals surface area contributed by atoms with E-state index in [-0.39, 0.29) is 17.1 Å². The monoisotopic (exact) mass is 304 g/mol. The summed E-state index contributed by atoms with van der Waals surface area (Å²) < 4.78 is 24.4. The maximum atomic E-state index is 13.9. The van der Waals surface area contributed by atoms with Crippen LogP contribution in [0, 0.1) is 5.82 Å². The van der Waals surface area contributed by atoms with Crippen molar-refractivity contribution >= 4 is 28.4 Å². The van der Waals surface area contributed by atoms with Gasteiger partial charge in [0.15, 0.2) is 11.3 Å². The van der Waals surface area contributed by atoms with Crippen LogP contribution in [0.25, 0.3) is 11.0 Å². The zero-order valence-electron chi connectivity index (χ0n) is 11.0. The molecule has 3 rings (SSSR count). The second kappa shape index (κ2) is 5.22. The molecule has 21 heavy (non-hydrogen) atoms. The molecule has 3 aromatic rings. The molecule has 0 aliphatic heterocycles. The van der Waals surface area contributed by atoms with Crippen molar-refractivity contribution in [3.8, 4) is 5.75 Å². The van der Waals surface area contributed by atoms with E-state index in [1.165, 1.54) is 31.4 Å². The van der Waals surface area contributed by atoms with Gasteiger partial charge in [0.25, 0.3) is 0 Å². The third kappa shape index (κ3) is 2.28. The number of fused-ring (bicyclic) bond motifs is 1. The number of methoxy groups -OCH3 is 1. The first-order valence-electron chi connectivity index (χ1n) is 6.17. The first-order valence-corrected chi connectivity index (χ1v) is 6.55. The van der Waals surface area contributed by atoms with Crippen molar-refractivity contribution in [3.05, 3.63) is 64.6 Å². The van der Waals surface area contributed by atoms with Crippen molar-refractivity contribution in [2.75, 3.05) is 7.11 Å². The molecule has 0 saturated carbocycles. The molecule has 0 radical (unpaired) electrons. The van der Waals surface area contributed by atoms with E-state index in [0.717, 1.165) is 0 Å². The molecule has 0 saturated heterocycles. The first-order chi connectivity index (χ1) is 10.1.